The standard InChI is InChI=1S/C18H21N3O2S/c1-6-23-15-7-11(4)13(8-12(15)10(2)3)16-14(9-19)17(22)21-18(20-16)24-5/h7-8,10H,6H2,1-5H3,(H,20,21,22). The summed E-state index contributed by atoms with van der Waals surface area (Å²) in [4.78, 5) is 19.3. The van der Waals surface area contributed by atoms with E-state index in [9.17, 15) is 10.1 Å². The molecule has 1 aromatic carbocycles. The van der Waals surface area contributed by atoms with Gasteiger partial charge in [0.05, 0.1) is 12.3 Å². The first-order valence-electron chi connectivity index (χ1n) is 7.79. The van der Waals surface area contributed by atoms with Crippen LogP contribution in [0.2, 0.25) is 0 Å². The summed E-state index contributed by atoms with van der Waals surface area (Å²) in [6, 6.07) is 5.92. The molecule has 0 unspecified atom stereocenters. The van der Waals surface area contributed by atoms with Crippen molar-refractivity contribution in [1.82, 2.24) is 9.97 Å². The van der Waals surface area contributed by atoms with Gasteiger partial charge in [-0.05, 0) is 49.3 Å². The number of H-pyrrole nitrogens is 1. The average molecular weight is 343 g/mol. The fourth-order valence-electron chi connectivity index (χ4n) is 2.53. The second kappa shape index (κ2) is 7.54. The number of aromatic amines is 1. The number of benzene rings is 1. The number of thioether (sulfide) groups is 1. The second-order valence-electron chi connectivity index (χ2n) is 5.70. The van der Waals surface area contributed by atoms with Crippen LogP contribution in [0.15, 0.2) is 22.1 Å². The van der Waals surface area contributed by atoms with Gasteiger partial charge in [-0.2, -0.15) is 5.26 Å². The third-order valence-corrected chi connectivity index (χ3v) is 4.32. The van der Waals surface area contributed by atoms with Crippen molar-refractivity contribution in [2.75, 3.05) is 12.9 Å². The lowest BCUT2D eigenvalue weighted by molar-refractivity contribution is 0.335. The summed E-state index contributed by atoms with van der Waals surface area (Å²) in [5, 5.41) is 9.88. The molecule has 0 atom stereocenters. The highest BCUT2D eigenvalue weighted by Crippen LogP contribution is 2.34. The Bertz CT molecular complexity index is 851. The van der Waals surface area contributed by atoms with E-state index < -0.39 is 5.56 Å². The lowest BCUT2D eigenvalue weighted by Crippen LogP contribution is -2.15. The van der Waals surface area contributed by atoms with Gasteiger partial charge in [-0.25, -0.2) is 4.98 Å². The Balaban J connectivity index is 2.78. The molecule has 0 spiro atoms. The summed E-state index contributed by atoms with van der Waals surface area (Å²) in [5.41, 5.74) is 2.80. The minimum absolute atomic E-state index is 0.0368. The zero-order valence-corrected chi connectivity index (χ0v) is 15.4. The topological polar surface area (TPSA) is 78.8 Å². The SMILES string of the molecule is CCOc1cc(C)c(-c2nc(SC)[nH]c(=O)c2C#N)cc1C(C)C. The van der Waals surface area contributed by atoms with Gasteiger partial charge in [0.1, 0.15) is 17.4 Å². The van der Waals surface area contributed by atoms with Crippen LogP contribution < -0.4 is 10.3 Å². The van der Waals surface area contributed by atoms with E-state index in [0.29, 0.717) is 17.5 Å². The number of nitrogens with zero attached hydrogens (tertiary/aromatic N) is 2. The lowest BCUT2D eigenvalue weighted by Gasteiger charge is -2.17. The van der Waals surface area contributed by atoms with Crippen LogP contribution in [0, 0.1) is 18.3 Å². The van der Waals surface area contributed by atoms with Crippen LogP contribution in [0.3, 0.4) is 0 Å². The van der Waals surface area contributed by atoms with Gasteiger partial charge >= 0.3 is 0 Å². The van der Waals surface area contributed by atoms with E-state index >= 15 is 0 Å². The first kappa shape index (κ1) is 18.1. The van der Waals surface area contributed by atoms with E-state index in [0.717, 1.165) is 22.4 Å². The Kier molecular flexibility index (Phi) is 5.68. The molecule has 5 nitrogen and oxygen atoms in total. The monoisotopic (exact) mass is 343 g/mol. The Hall–Kier alpha value is -2.26. The molecule has 1 aromatic heterocycles. The molecule has 0 fully saturated rings. The summed E-state index contributed by atoms with van der Waals surface area (Å²) in [6.07, 6.45) is 1.83. The molecular weight excluding hydrogens is 322 g/mol. The summed E-state index contributed by atoms with van der Waals surface area (Å²) < 4.78 is 5.74. The van der Waals surface area contributed by atoms with Crippen LogP contribution >= 0.6 is 11.8 Å². The molecule has 0 amide bonds. The van der Waals surface area contributed by atoms with Crippen molar-refractivity contribution in [3.8, 4) is 23.1 Å². The van der Waals surface area contributed by atoms with Crippen molar-refractivity contribution in [2.45, 2.75) is 38.8 Å². The first-order chi connectivity index (χ1) is 11.4. The van der Waals surface area contributed by atoms with Crippen LogP contribution in [0.25, 0.3) is 11.3 Å². The predicted octanol–water partition coefficient (Wildman–Crippen LogP) is 3.86. The Labute approximate surface area is 146 Å². The van der Waals surface area contributed by atoms with Crippen molar-refractivity contribution >= 4 is 11.8 Å². The van der Waals surface area contributed by atoms with Gasteiger partial charge in [-0.3, -0.25) is 4.79 Å². The maximum Gasteiger partial charge on any atom is 0.270 e. The minimum Gasteiger partial charge on any atom is -0.494 e. The summed E-state index contributed by atoms with van der Waals surface area (Å²) in [5.74, 6) is 1.08. The zero-order valence-electron chi connectivity index (χ0n) is 14.6. The van der Waals surface area contributed by atoms with Crippen LogP contribution in [0.5, 0.6) is 5.75 Å². The summed E-state index contributed by atoms with van der Waals surface area (Å²) in [7, 11) is 0. The van der Waals surface area contributed by atoms with E-state index in [1.165, 1.54) is 11.8 Å². The van der Waals surface area contributed by atoms with E-state index in [4.69, 9.17) is 4.74 Å². The highest BCUT2D eigenvalue weighted by atomic mass is 32.2. The smallest absolute Gasteiger partial charge is 0.270 e. The number of aromatic nitrogens is 2. The molecule has 126 valence electrons. The van der Waals surface area contributed by atoms with Crippen molar-refractivity contribution in [3.63, 3.8) is 0 Å². The molecule has 1 N–H and O–H groups in total. The molecule has 24 heavy (non-hydrogen) atoms. The van der Waals surface area contributed by atoms with E-state index in [1.807, 2.05) is 38.3 Å². The number of aryl methyl sites for hydroxylation is 1. The molecule has 0 aliphatic rings. The minimum atomic E-state index is -0.411. The fraction of sp³-hybridized carbons (Fsp3) is 0.389. The zero-order chi connectivity index (χ0) is 17.9. The maximum atomic E-state index is 12.2. The van der Waals surface area contributed by atoms with Crippen molar-refractivity contribution in [3.05, 3.63) is 39.2 Å². The molecule has 0 saturated heterocycles. The first-order valence-corrected chi connectivity index (χ1v) is 9.01. The normalized spacial score (nSPS) is 10.7. The number of rotatable bonds is 5. The van der Waals surface area contributed by atoms with Crippen LogP contribution in [-0.2, 0) is 0 Å². The quantitative estimate of drug-likeness (QED) is 0.659. The highest BCUT2D eigenvalue weighted by molar-refractivity contribution is 7.98. The predicted molar refractivity (Wildman–Crippen MR) is 96.8 cm³/mol. The molecule has 0 bridgehead atoms. The number of nitrogens with one attached hydrogen (secondary N) is 1. The molecule has 2 rings (SSSR count). The molecule has 0 saturated carbocycles. The molecule has 0 aliphatic carbocycles. The molecule has 0 aliphatic heterocycles. The van der Waals surface area contributed by atoms with E-state index in [-0.39, 0.29) is 11.5 Å². The van der Waals surface area contributed by atoms with Gasteiger partial charge in [-0.15, -0.1) is 0 Å². The number of hydrogen-bond donors (Lipinski definition) is 1. The lowest BCUT2D eigenvalue weighted by atomic mass is 9.94. The van der Waals surface area contributed by atoms with Gasteiger partial charge in [0.2, 0.25) is 0 Å². The Morgan fingerprint density at radius 3 is 2.67 bits per heavy atom. The summed E-state index contributed by atoms with van der Waals surface area (Å²) in [6.45, 7) is 8.64. The van der Waals surface area contributed by atoms with Crippen LogP contribution in [0.4, 0.5) is 0 Å². The molecule has 0 radical (unpaired) electrons. The largest absolute Gasteiger partial charge is 0.494 e. The number of nitriles is 1. The highest BCUT2D eigenvalue weighted by Gasteiger charge is 2.18. The molecule has 6 heteroatoms. The number of ether oxygens (including phenoxy) is 1. The second-order valence-corrected chi connectivity index (χ2v) is 6.50. The van der Waals surface area contributed by atoms with Crippen molar-refractivity contribution in [2.24, 2.45) is 0 Å². The third-order valence-electron chi connectivity index (χ3n) is 3.74. The van der Waals surface area contributed by atoms with E-state index in [1.54, 1.807) is 0 Å². The molecular formula is C18H21N3O2S. The average Bonchev–Trinajstić information content (AvgIpc) is 2.54. The van der Waals surface area contributed by atoms with Crippen molar-refractivity contribution < 1.29 is 4.74 Å². The van der Waals surface area contributed by atoms with Crippen LogP contribution in [0.1, 0.15) is 43.4 Å². The number of hydrogen-bond acceptors (Lipinski definition) is 5. The molecule has 2 aromatic rings. The fourth-order valence-corrected chi connectivity index (χ4v) is 2.91. The van der Waals surface area contributed by atoms with E-state index in [2.05, 4.69) is 23.8 Å². The summed E-state index contributed by atoms with van der Waals surface area (Å²) >= 11 is 1.34. The van der Waals surface area contributed by atoms with Crippen molar-refractivity contribution in [1.29, 1.82) is 5.26 Å². The van der Waals surface area contributed by atoms with Gasteiger partial charge < -0.3 is 9.72 Å². The van der Waals surface area contributed by atoms with Crippen LogP contribution in [-0.4, -0.2) is 22.8 Å². The maximum absolute atomic E-state index is 12.2. The van der Waals surface area contributed by atoms with Gasteiger partial charge in [0, 0.05) is 5.56 Å². The van der Waals surface area contributed by atoms with Gasteiger partial charge in [-0.1, -0.05) is 25.6 Å². The van der Waals surface area contributed by atoms with Gasteiger partial charge in [0.25, 0.3) is 5.56 Å². The van der Waals surface area contributed by atoms with Gasteiger partial charge in [0.15, 0.2) is 5.16 Å². The third kappa shape index (κ3) is 3.46. The molecule has 1 heterocycles. The Morgan fingerprint density at radius 2 is 2.12 bits per heavy atom. The Morgan fingerprint density at radius 1 is 1.42 bits per heavy atom.